The molecule has 3 unspecified atom stereocenters. The molecular formula is C12H22N2O4S. The Morgan fingerprint density at radius 3 is 2.74 bits per heavy atom. The van der Waals surface area contributed by atoms with Gasteiger partial charge in [0.2, 0.25) is 0 Å². The predicted octanol–water partition coefficient (Wildman–Crippen LogP) is -0.170. The summed E-state index contributed by atoms with van der Waals surface area (Å²) in [5.74, 6) is -0.624. The fourth-order valence-corrected chi connectivity index (χ4v) is 4.89. The molecule has 2 rings (SSSR count). The van der Waals surface area contributed by atoms with E-state index in [2.05, 4.69) is 4.90 Å². The van der Waals surface area contributed by atoms with Gasteiger partial charge in [0, 0.05) is 18.6 Å². The first kappa shape index (κ1) is 14.7. The van der Waals surface area contributed by atoms with Crippen molar-refractivity contribution in [2.45, 2.75) is 50.2 Å². The van der Waals surface area contributed by atoms with Gasteiger partial charge in [0.15, 0.2) is 9.84 Å². The van der Waals surface area contributed by atoms with Crippen molar-refractivity contribution in [3.63, 3.8) is 0 Å². The first-order valence-electron chi connectivity index (χ1n) is 6.72. The lowest BCUT2D eigenvalue weighted by Gasteiger charge is -2.44. The molecular weight excluding hydrogens is 268 g/mol. The van der Waals surface area contributed by atoms with Gasteiger partial charge in [0.05, 0.1) is 11.5 Å². The van der Waals surface area contributed by atoms with Crippen LogP contribution >= 0.6 is 0 Å². The number of aliphatic carboxylic acids is 1. The Kier molecular flexibility index (Phi) is 3.90. The molecule has 0 radical (unpaired) electrons. The molecule has 0 spiro atoms. The zero-order valence-electron chi connectivity index (χ0n) is 11.2. The van der Waals surface area contributed by atoms with Gasteiger partial charge in [-0.3, -0.25) is 9.69 Å². The molecule has 0 aromatic carbocycles. The largest absolute Gasteiger partial charge is 0.480 e. The lowest BCUT2D eigenvalue weighted by molar-refractivity contribution is -0.145. The Balaban J connectivity index is 2.08. The Bertz CT molecular complexity index is 464. The minimum atomic E-state index is -2.94. The van der Waals surface area contributed by atoms with E-state index in [1.165, 1.54) is 0 Å². The smallest absolute Gasteiger partial charge is 0.323 e. The second kappa shape index (κ2) is 5.03. The molecule has 1 saturated heterocycles. The second-order valence-corrected chi connectivity index (χ2v) is 8.14. The van der Waals surface area contributed by atoms with Crippen molar-refractivity contribution >= 4 is 15.8 Å². The van der Waals surface area contributed by atoms with Crippen LogP contribution in [0.4, 0.5) is 0 Å². The third kappa shape index (κ3) is 3.09. The van der Waals surface area contributed by atoms with Crippen LogP contribution in [-0.4, -0.2) is 60.1 Å². The average molecular weight is 290 g/mol. The van der Waals surface area contributed by atoms with Crippen LogP contribution < -0.4 is 5.73 Å². The van der Waals surface area contributed by atoms with E-state index in [1.54, 1.807) is 0 Å². The average Bonchev–Trinajstić information content (AvgIpc) is 2.27. The summed E-state index contributed by atoms with van der Waals surface area (Å²) in [6.45, 7) is 2.38. The molecule has 0 aromatic heterocycles. The van der Waals surface area contributed by atoms with Crippen molar-refractivity contribution in [3.05, 3.63) is 0 Å². The maximum atomic E-state index is 11.6. The van der Waals surface area contributed by atoms with Gasteiger partial charge >= 0.3 is 5.97 Å². The zero-order valence-corrected chi connectivity index (χ0v) is 12.0. The van der Waals surface area contributed by atoms with Crippen molar-refractivity contribution in [1.29, 1.82) is 0 Å². The van der Waals surface area contributed by atoms with E-state index in [1.807, 2.05) is 6.92 Å². The molecule has 1 saturated carbocycles. The summed E-state index contributed by atoms with van der Waals surface area (Å²) in [5, 5.41) is 9.22. The van der Waals surface area contributed by atoms with E-state index in [0.717, 1.165) is 12.8 Å². The van der Waals surface area contributed by atoms with Crippen LogP contribution in [0.1, 0.15) is 32.6 Å². The topological polar surface area (TPSA) is 101 Å². The van der Waals surface area contributed by atoms with Crippen molar-refractivity contribution < 1.29 is 18.3 Å². The lowest BCUT2D eigenvalue weighted by atomic mass is 9.79. The molecule has 3 atom stereocenters. The van der Waals surface area contributed by atoms with Crippen LogP contribution in [-0.2, 0) is 14.6 Å². The summed E-state index contributed by atoms with van der Waals surface area (Å²) in [6.07, 6.45) is 2.59. The zero-order chi connectivity index (χ0) is 14.3. The van der Waals surface area contributed by atoms with Crippen LogP contribution in [0.15, 0.2) is 0 Å². The number of carboxylic acid groups (broad SMARTS) is 1. The number of carbonyl (C=O) groups is 1. The number of rotatable bonds is 2. The molecule has 1 heterocycles. The molecule has 2 aliphatic rings. The highest BCUT2D eigenvalue weighted by molar-refractivity contribution is 7.91. The van der Waals surface area contributed by atoms with Crippen molar-refractivity contribution in [1.82, 2.24) is 4.90 Å². The molecule has 2 fully saturated rings. The molecule has 1 aliphatic carbocycles. The van der Waals surface area contributed by atoms with Gasteiger partial charge < -0.3 is 10.8 Å². The number of sulfone groups is 1. The summed E-state index contributed by atoms with van der Waals surface area (Å²) < 4.78 is 23.2. The highest BCUT2D eigenvalue weighted by Crippen LogP contribution is 2.31. The molecule has 3 N–H and O–H groups in total. The maximum absolute atomic E-state index is 11.6. The molecule has 110 valence electrons. The minimum absolute atomic E-state index is 0.0557. The standard InChI is InChI=1S/C12H22N2O4S/c1-9-8-19(17,18)6-5-14(9)10-3-2-4-12(13,7-10)11(15)16/h9-10H,2-8,13H2,1H3,(H,15,16). The number of hydrogen-bond acceptors (Lipinski definition) is 5. The highest BCUT2D eigenvalue weighted by Gasteiger charge is 2.43. The normalized spacial score (nSPS) is 39.9. The van der Waals surface area contributed by atoms with E-state index in [4.69, 9.17) is 5.73 Å². The van der Waals surface area contributed by atoms with Gasteiger partial charge in [-0.15, -0.1) is 0 Å². The SMILES string of the molecule is CC1CS(=O)(=O)CCN1C1CCCC(N)(C(=O)O)C1. The lowest BCUT2D eigenvalue weighted by Crippen LogP contribution is -2.59. The molecule has 0 amide bonds. The first-order chi connectivity index (χ1) is 8.73. The number of carboxylic acids is 1. The minimum Gasteiger partial charge on any atom is -0.480 e. The Hall–Kier alpha value is -0.660. The van der Waals surface area contributed by atoms with Gasteiger partial charge in [-0.1, -0.05) is 0 Å². The Morgan fingerprint density at radius 2 is 2.16 bits per heavy atom. The first-order valence-corrected chi connectivity index (χ1v) is 8.54. The fourth-order valence-electron chi connectivity index (χ4n) is 3.31. The molecule has 0 aromatic rings. The molecule has 6 nitrogen and oxygen atoms in total. The van der Waals surface area contributed by atoms with Crippen LogP contribution in [0.2, 0.25) is 0 Å². The third-order valence-corrected chi connectivity index (χ3v) is 6.17. The number of hydrogen-bond donors (Lipinski definition) is 2. The quantitative estimate of drug-likeness (QED) is 0.732. The summed E-state index contributed by atoms with van der Waals surface area (Å²) >= 11 is 0. The van der Waals surface area contributed by atoms with Gasteiger partial charge in [-0.25, -0.2) is 8.42 Å². The summed E-state index contributed by atoms with van der Waals surface area (Å²) in [7, 11) is -2.94. The van der Waals surface area contributed by atoms with Crippen molar-refractivity contribution in [3.8, 4) is 0 Å². The molecule has 19 heavy (non-hydrogen) atoms. The van der Waals surface area contributed by atoms with Crippen molar-refractivity contribution in [2.75, 3.05) is 18.1 Å². The van der Waals surface area contributed by atoms with Crippen LogP contribution in [0.25, 0.3) is 0 Å². The summed E-state index contributed by atoms with van der Waals surface area (Å²) in [6, 6.07) is 0.0280. The summed E-state index contributed by atoms with van der Waals surface area (Å²) in [4.78, 5) is 13.4. The van der Waals surface area contributed by atoms with E-state index in [-0.39, 0.29) is 23.6 Å². The molecule has 0 bridgehead atoms. The third-order valence-electron chi connectivity index (χ3n) is 4.38. The number of nitrogens with zero attached hydrogens (tertiary/aromatic N) is 1. The van der Waals surface area contributed by atoms with E-state index in [0.29, 0.717) is 19.4 Å². The Morgan fingerprint density at radius 1 is 1.47 bits per heavy atom. The molecule has 7 heteroatoms. The molecule has 1 aliphatic heterocycles. The number of nitrogens with two attached hydrogens (primary N) is 1. The van der Waals surface area contributed by atoms with Crippen molar-refractivity contribution in [2.24, 2.45) is 5.73 Å². The highest BCUT2D eigenvalue weighted by atomic mass is 32.2. The van der Waals surface area contributed by atoms with E-state index >= 15 is 0 Å². The van der Waals surface area contributed by atoms with Gasteiger partial charge in [0.25, 0.3) is 0 Å². The van der Waals surface area contributed by atoms with Gasteiger partial charge in [-0.2, -0.15) is 0 Å². The second-order valence-electron chi connectivity index (χ2n) is 5.91. The van der Waals surface area contributed by atoms with E-state index in [9.17, 15) is 18.3 Å². The summed E-state index contributed by atoms with van der Waals surface area (Å²) in [5.41, 5.74) is 4.80. The Labute approximate surface area is 113 Å². The maximum Gasteiger partial charge on any atom is 0.323 e. The van der Waals surface area contributed by atoms with Gasteiger partial charge in [0.1, 0.15) is 5.54 Å². The van der Waals surface area contributed by atoms with E-state index < -0.39 is 21.3 Å². The monoisotopic (exact) mass is 290 g/mol. The predicted molar refractivity (Wildman–Crippen MR) is 71.6 cm³/mol. The van der Waals surface area contributed by atoms with Crippen LogP contribution in [0, 0.1) is 0 Å². The van der Waals surface area contributed by atoms with Gasteiger partial charge in [-0.05, 0) is 32.6 Å². The van der Waals surface area contributed by atoms with Crippen LogP contribution in [0.5, 0.6) is 0 Å². The fraction of sp³-hybridized carbons (Fsp3) is 0.917. The van der Waals surface area contributed by atoms with Crippen LogP contribution in [0.3, 0.4) is 0 Å².